The highest BCUT2D eigenvalue weighted by atomic mass is 16.4. The second-order valence-electron chi connectivity index (χ2n) is 3.12. The van der Waals surface area contributed by atoms with E-state index in [1.165, 1.54) is 0 Å². The molecule has 0 heterocycles. The Morgan fingerprint density at radius 3 is 2.40 bits per heavy atom. The third-order valence-corrected chi connectivity index (χ3v) is 2.11. The van der Waals surface area contributed by atoms with E-state index in [0.717, 1.165) is 12.8 Å². The van der Waals surface area contributed by atoms with Gasteiger partial charge in [-0.1, -0.05) is 6.92 Å². The molecule has 1 saturated carbocycles. The molecule has 2 N–H and O–H groups in total. The zero-order chi connectivity index (χ0) is 7.72. The number of carbonyl (C=O) groups is 1. The zero-order valence-corrected chi connectivity index (χ0v) is 5.95. The molecule has 10 heavy (non-hydrogen) atoms. The van der Waals surface area contributed by atoms with Gasteiger partial charge in [0.15, 0.2) is 6.10 Å². The molecule has 3 heteroatoms. The van der Waals surface area contributed by atoms with Crippen LogP contribution in [-0.2, 0) is 4.79 Å². The van der Waals surface area contributed by atoms with Gasteiger partial charge >= 0.3 is 5.97 Å². The number of aliphatic hydroxyl groups excluding tert-OH is 1. The maximum absolute atomic E-state index is 10.2. The maximum Gasteiger partial charge on any atom is 0.332 e. The summed E-state index contributed by atoms with van der Waals surface area (Å²) in [7, 11) is 0. The van der Waals surface area contributed by atoms with Gasteiger partial charge in [0.25, 0.3) is 0 Å². The lowest BCUT2D eigenvalue weighted by Gasteiger charge is -2.34. The van der Waals surface area contributed by atoms with Crippen molar-refractivity contribution in [1.29, 1.82) is 0 Å². The fourth-order valence-electron chi connectivity index (χ4n) is 1.42. The van der Waals surface area contributed by atoms with E-state index >= 15 is 0 Å². The topological polar surface area (TPSA) is 57.5 Å². The molecule has 0 bridgehead atoms. The summed E-state index contributed by atoms with van der Waals surface area (Å²) in [6.45, 7) is 2.06. The van der Waals surface area contributed by atoms with Crippen molar-refractivity contribution >= 4 is 5.97 Å². The molecular weight excluding hydrogens is 132 g/mol. The van der Waals surface area contributed by atoms with Crippen molar-refractivity contribution in [2.45, 2.75) is 25.9 Å². The Kier molecular flexibility index (Phi) is 1.94. The molecule has 0 radical (unpaired) electrons. The molecule has 3 nitrogen and oxygen atoms in total. The number of carboxylic acids is 1. The van der Waals surface area contributed by atoms with Crippen molar-refractivity contribution in [3.05, 3.63) is 0 Å². The minimum Gasteiger partial charge on any atom is -0.479 e. The van der Waals surface area contributed by atoms with Crippen molar-refractivity contribution in [2.75, 3.05) is 0 Å². The van der Waals surface area contributed by atoms with Crippen LogP contribution in [0.4, 0.5) is 0 Å². The lowest BCUT2D eigenvalue weighted by Crippen LogP contribution is -2.37. The molecule has 0 aromatic rings. The normalized spacial score (nSPS) is 34.6. The molecule has 1 atom stereocenters. The number of aliphatic hydroxyl groups is 1. The third-order valence-electron chi connectivity index (χ3n) is 2.11. The summed E-state index contributed by atoms with van der Waals surface area (Å²) in [5.41, 5.74) is 0. The van der Waals surface area contributed by atoms with Crippen LogP contribution in [0.1, 0.15) is 19.8 Å². The molecule has 0 aromatic heterocycles. The molecule has 58 valence electrons. The Morgan fingerprint density at radius 1 is 1.60 bits per heavy atom. The summed E-state index contributed by atoms with van der Waals surface area (Å²) in [5.74, 6) is -0.483. The summed E-state index contributed by atoms with van der Waals surface area (Å²) in [4.78, 5) is 10.2. The molecular formula is C7H12O3. The van der Waals surface area contributed by atoms with Crippen molar-refractivity contribution in [1.82, 2.24) is 0 Å². The Morgan fingerprint density at radius 2 is 2.10 bits per heavy atom. The first kappa shape index (κ1) is 7.54. The quantitative estimate of drug-likeness (QED) is 0.592. The SMILES string of the molecule is CC1CC(C(O)C(=O)O)C1. The fraction of sp³-hybridized carbons (Fsp3) is 0.857. The summed E-state index contributed by atoms with van der Waals surface area (Å²) < 4.78 is 0. The summed E-state index contributed by atoms with van der Waals surface area (Å²) >= 11 is 0. The molecule has 0 aliphatic heterocycles. The van der Waals surface area contributed by atoms with Crippen molar-refractivity contribution in [3.63, 3.8) is 0 Å². The molecule has 0 spiro atoms. The van der Waals surface area contributed by atoms with E-state index in [9.17, 15) is 4.79 Å². The molecule has 1 fully saturated rings. The van der Waals surface area contributed by atoms with Gasteiger partial charge < -0.3 is 10.2 Å². The van der Waals surface area contributed by atoms with E-state index in [1.807, 2.05) is 0 Å². The first-order valence-corrected chi connectivity index (χ1v) is 3.52. The first-order chi connectivity index (χ1) is 4.61. The predicted octanol–water partition coefficient (Wildman–Crippen LogP) is 0.478. The molecule has 0 aromatic carbocycles. The van der Waals surface area contributed by atoms with Crippen LogP contribution in [0.5, 0.6) is 0 Å². The van der Waals surface area contributed by atoms with Crippen LogP contribution in [0.25, 0.3) is 0 Å². The second kappa shape index (κ2) is 2.58. The average molecular weight is 144 g/mol. The van der Waals surface area contributed by atoms with Crippen molar-refractivity contribution < 1.29 is 15.0 Å². The summed E-state index contributed by atoms with van der Waals surface area (Å²) in [6, 6.07) is 0. The number of aliphatic carboxylic acids is 1. The minimum atomic E-state index is -1.13. The highest BCUT2D eigenvalue weighted by Crippen LogP contribution is 2.35. The van der Waals surface area contributed by atoms with Crippen LogP contribution in [0.3, 0.4) is 0 Å². The lowest BCUT2D eigenvalue weighted by molar-refractivity contribution is -0.152. The van der Waals surface area contributed by atoms with Crippen LogP contribution in [-0.4, -0.2) is 22.3 Å². The predicted molar refractivity (Wildman–Crippen MR) is 35.5 cm³/mol. The van der Waals surface area contributed by atoms with Crippen LogP contribution in [0.15, 0.2) is 0 Å². The Bertz CT molecular complexity index is 138. The molecule has 1 aliphatic carbocycles. The van der Waals surface area contributed by atoms with Gasteiger partial charge in [0, 0.05) is 0 Å². The van der Waals surface area contributed by atoms with Gasteiger partial charge in [0.1, 0.15) is 0 Å². The van der Waals surface area contributed by atoms with Crippen molar-refractivity contribution in [2.24, 2.45) is 11.8 Å². The summed E-state index contributed by atoms with van der Waals surface area (Å²) in [5, 5.41) is 17.3. The number of rotatable bonds is 2. The van der Waals surface area contributed by atoms with E-state index in [-0.39, 0.29) is 5.92 Å². The first-order valence-electron chi connectivity index (χ1n) is 3.52. The number of hydrogen-bond donors (Lipinski definition) is 2. The van der Waals surface area contributed by atoms with E-state index < -0.39 is 12.1 Å². The van der Waals surface area contributed by atoms with Gasteiger partial charge in [-0.2, -0.15) is 0 Å². The molecule has 0 amide bonds. The van der Waals surface area contributed by atoms with Gasteiger partial charge in [-0.25, -0.2) is 4.79 Å². The monoisotopic (exact) mass is 144 g/mol. The van der Waals surface area contributed by atoms with Crippen LogP contribution >= 0.6 is 0 Å². The molecule has 1 rings (SSSR count). The molecule has 0 saturated heterocycles. The van der Waals surface area contributed by atoms with Crippen LogP contribution in [0, 0.1) is 11.8 Å². The van der Waals surface area contributed by atoms with Crippen LogP contribution < -0.4 is 0 Å². The average Bonchev–Trinajstić information content (AvgIpc) is 1.79. The Balaban J connectivity index is 2.31. The van der Waals surface area contributed by atoms with Gasteiger partial charge in [0.05, 0.1) is 0 Å². The standard InChI is InChI=1S/C7H12O3/c1-4-2-5(3-4)6(8)7(9)10/h4-6,8H,2-3H2,1H3,(H,9,10). The summed E-state index contributed by atoms with van der Waals surface area (Å²) in [6.07, 6.45) is 0.581. The van der Waals surface area contributed by atoms with E-state index in [2.05, 4.69) is 6.92 Å². The third kappa shape index (κ3) is 1.29. The molecule has 1 aliphatic rings. The zero-order valence-electron chi connectivity index (χ0n) is 5.95. The lowest BCUT2D eigenvalue weighted by atomic mass is 9.73. The minimum absolute atomic E-state index is 0.00694. The van der Waals surface area contributed by atoms with E-state index in [0.29, 0.717) is 5.92 Å². The van der Waals surface area contributed by atoms with Gasteiger partial charge in [-0.3, -0.25) is 0 Å². The van der Waals surface area contributed by atoms with E-state index in [4.69, 9.17) is 10.2 Å². The van der Waals surface area contributed by atoms with Crippen molar-refractivity contribution in [3.8, 4) is 0 Å². The molecule has 1 unspecified atom stereocenters. The Labute approximate surface area is 59.7 Å². The fourth-order valence-corrected chi connectivity index (χ4v) is 1.42. The number of hydrogen-bond acceptors (Lipinski definition) is 2. The second-order valence-corrected chi connectivity index (χ2v) is 3.12. The maximum atomic E-state index is 10.2. The van der Waals surface area contributed by atoms with Crippen LogP contribution in [0.2, 0.25) is 0 Å². The van der Waals surface area contributed by atoms with Gasteiger partial charge in [0.2, 0.25) is 0 Å². The number of carboxylic acid groups (broad SMARTS) is 1. The van der Waals surface area contributed by atoms with Gasteiger partial charge in [-0.15, -0.1) is 0 Å². The van der Waals surface area contributed by atoms with E-state index in [1.54, 1.807) is 0 Å². The Hall–Kier alpha value is -0.570. The largest absolute Gasteiger partial charge is 0.479 e. The highest BCUT2D eigenvalue weighted by molar-refractivity contribution is 5.72. The smallest absolute Gasteiger partial charge is 0.332 e. The highest BCUT2D eigenvalue weighted by Gasteiger charge is 2.34. The van der Waals surface area contributed by atoms with Gasteiger partial charge in [-0.05, 0) is 24.7 Å².